The molecule has 4 N–H and O–H groups in total. The summed E-state index contributed by atoms with van der Waals surface area (Å²) in [7, 11) is -2.50. The van der Waals surface area contributed by atoms with Crippen LogP contribution in [0.15, 0.2) is 0 Å². The topological polar surface area (TPSA) is 84.6 Å². The van der Waals surface area contributed by atoms with Crippen molar-refractivity contribution in [3.05, 3.63) is 0 Å². The molecule has 0 spiro atoms. The molecule has 0 aromatic carbocycles. The van der Waals surface area contributed by atoms with Gasteiger partial charge in [0.25, 0.3) is 0 Å². The van der Waals surface area contributed by atoms with Crippen molar-refractivity contribution in [1.82, 2.24) is 5.32 Å². The van der Waals surface area contributed by atoms with E-state index < -0.39 is 14.5 Å². The second kappa shape index (κ2) is 6.64. The Hall–Kier alpha value is -0.0600. The minimum Gasteiger partial charge on any atom is -0.330 e. The lowest BCUT2D eigenvalue weighted by molar-refractivity contribution is 0.172. The Balaban J connectivity index is 3.22. The van der Waals surface area contributed by atoms with Crippen molar-refractivity contribution in [3.8, 4) is 0 Å². The molecule has 0 saturated heterocycles. The minimum atomic E-state index is -2.50. The van der Waals surface area contributed by atoms with Gasteiger partial charge in [-0.1, -0.05) is 0 Å². The summed E-state index contributed by atoms with van der Waals surface area (Å²) in [6.07, 6.45) is 0.436. The fourth-order valence-corrected chi connectivity index (χ4v) is 0.925. The van der Waals surface area contributed by atoms with E-state index in [9.17, 15) is 4.57 Å². The Morgan fingerprint density at radius 3 is 2.91 bits per heavy atom. The van der Waals surface area contributed by atoms with Crippen molar-refractivity contribution in [2.45, 2.75) is 19.6 Å². The van der Waals surface area contributed by atoms with Gasteiger partial charge in [0.2, 0.25) is 0 Å². The van der Waals surface area contributed by atoms with Crippen LogP contribution in [-0.2, 0) is 9.09 Å². The molecule has 5 nitrogen and oxygen atoms in total. The summed E-state index contributed by atoms with van der Waals surface area (Å²) >= 11 is 0. The fraction of sp³-hybridized carbons (Fsp3) is 1.00. The lowest BCUT2D eigenvalue weighted by Crippen LogP contribution is -2.28. The van der Waals surface area contributed by atoms with Gasteiger partial charge in [-0.15, -0.1) is 9.42 Å². The van der Waals surface area contributed by atoms with Crippen molar-refractivity contribution < 1.29 is 14.0 Å². The van der Waals surface area contributed by atoms with E-state index in [1.54, 1.807) is 6.92 Å². The molecule has 0 heterocycles. The predicted octanol–water partition coefficient (Wildman–Crippen LogP) is -0.0629. The van der Waals surface area contributed by atoms with Gasteiger partial charge in [0.15, 0.2) is 6.23 Å². The highest BCUT2D eigenvalue weighted by Gasteiger charge is 2.17. The van der Waals surface area contributed by atoms with Crippen molar-refractivity contribution in [2.24, 2.45) is 5.73 Å². The van der Waals surface area contributed by atoms with Crippen LogP contribution in [0.4, 0.5) is 0 Å². The normalized spacial score (nSPS) is 14.6. The van der Waals surface area contributed by atoms with Crippen LogP contribution in [0.2, 0.25) is 0 Å². The van der Waals surface area contributed by atoms with Crippen molar-refractivity contribution in [1.29, 1.82) is 0 Å². The van der Waals surface area contributed by atoms with E-state index >= 15 is 0 Å². The summed E-state index contributed by atoms with van der Waals surface area (Å²) in [6.45, 7) is 2.96. The monoisotopic (exact) mass is 181 g/mol. The molecule has 0 aliphatic heterocycles. The lowest BCUT2D eigenvalue weighted by atomic mass is 10.4. The van der Waals surface area contributed by atoms with E-state index in [2.05, 4.69) is 9.84 Å². The first-order valence-electron chi connectivity index (χ1n) is 3.43. The Morgan fingerprint density at radius 2 is 2.45 bits per heavy atom. The van der Waals surface area contributed by atoms with E-state index in [1.165, 1.54) is 0 Å². The van der Waals surface area contributed by atoms with Crippen LogP contribution in [0.3, 0.4) is 0 Å². The Kier molecular flexibility index (Phi) is 6.60. The Labute approximate surface area is 66.9 Å². The zero-order chi connectivity index (χ0) is 8.69. The van der Waals surface area contributed by atoms with E-state index in [-0.39, 0.29) is 0 Å². The summed E-state index contributed by atoms with van der Waals surface area (Å²) in [4.78, 5) is 8.30. The minimum absolute atomic E-state index is 0.393. The van der Waals surface area contributed by atoms with Crippen molar-refractivity contribution >= 4 is 8.25 Å². The quantitative estimate of drug-likeness (QED) is 0.303. The maximum absolute atomic E-state index is 10.1. The highest BCUT2D eigenvalue weighted by Crippen LogP contribution is 2.15. The largest absolute Gasteiger partial charge is 0.696 e. The van der Waals surface area contributed by atoms with Gasteiger partial charge < -0.3 is 5.73 Å². The van der Waals surface area contributed by atoms with E-state index in [0.717, 1.165) is 6.42 Å². The highest BCUT2D eigenvalue weighted by molar-refractivity contribution is 7.32. The second-order valence-corrected chi connectivity index (χ2v) is 2.77. The number of hydrogen-bond acceptors (Lipinski definition) is 4. The molecule has 0 saturated carbocycles. The molecule has 0 fully saturated rings. The Bertz CT molecular complexity index is 122. The van der Waals surface area contributed by atoms with Crippen LogP contribution in [0, 0.1) is 0 Å². The standard InChI is InChI=1S/C5H13N2O3P/c1-5(10-11(8)9)7-4-2-3-6/h5,7H,2-4,6H2,1H3/p+1. The molecule has 0 aliphatic carbocycles. The maximum Gasteiger partial charge on any atom is 0.696 e. The van der Waals surface area contributed by atoms with Crippen LogP contribution in [-0.4, -0.2) is 24.2 Å². The van der Waals surface area contributed by atoms with Crippen LogP contribution in [0.25, 0.3) is 0 Å². The second-order valence-electron chi connectivity index (χ2n) is 2.08. The third-order valence-corrected chi connectivity index (χ3v) is 1.56. The summed E-state index contributed by atoms with van der Waals surface area (Å²) in [6, 6.07) is 0. The molecule has 0 aromatic rings. The SMILES string of the molecule is CC(NCCCN)O[P+](=O)O. The molecule has 0 aromatic heterocycles. The van der Waals surface area contributed by atoms with Crippen LogP contribution in [0.1, 0.15) is 13.3 Å². The number of hydrogen-bond donors (Lipinski definition) is 3. The third-order valence-electron chi connectivity index (χ3n) is 1.06. The van der Waals surface area contributed by atoms with Crippen molar-refractivity contribution in [3.63, 3.8) is 0 Å². The summed E-state index contributed by atoms with van der Waals surface area (Å²) < 4.78 is 14.6. The zero-order valence-corrected chi connectivity index (χ0v) is 7.38. The molecule has 6 heteroatoms. The molecule has 0 aliphatic rings. The summed E-state index contributed by atoms with van der Waals surface area (Å²) in [5.74, 6) is 0. The number of nitrogens with two attached hydrogens (primary N) is 1. The van der Waals surface area contributed by atoms with Crippen molar-refractivity contribution in [2.75, 3.05) is 13.1 Å². The first kappa shape index (κ1) is 10.9. The number of rotatable bonds is 6. The van der Waals surface area contributed by atoms with Crippen LogP contribution >= 0.6 is 8.25 Å². The van der Waals surface area contributed by atoms with Gasteiger partial charge in [0.05, 0.1) is 0 Å². The van der Waals surface area contributed by atoms with Gasteiger partial charge >= 0.3 is 8.25 Å². The Morgan fingerprint density at radius 1 is 1.82 bits per heavy atom. The molecule has 2 unspecified atom stereocenters. The molecule has 0 bridgehead atoms. The third kappa shape index (κ3) is 7.84. The van der Waals surface area contributed by atoms with Gasteiger partial charge in [-0.2, -0.15) is 0 Å². The van der Waals surface area contributed by atoms with Gasteiger partial charge in [0.1, 0.15) is 0 Å². The zero-order valence-electron chi connectivity index (χ0n) is 6.49. The van der Waals surface area contributed by atoms with Gasteiger partial charge in [-0.05, 0) is 26.4 Å². The molecular weight excluding hydrogens is 167 g/mol. The molecule has 0 amide bonds. The first-order valence-corrected chi connectivity index (χ1v) is 4.56. The molecule has 11 heavy (non-hydrogen) atoms. The van der Waals surface area contributed by atoms with E-state index in [1.807, 2.05) is 0 Å². The number of nitrogens with one attached hydrogen (secondary N) is 1. The van der Waals surface area contributed by atoms with E-state index in [0.29, 0.717) is 13.1 Å². The predicted molar refractivity (Wildman–Crippen MR) is 42.0 cm³/mol. The molecule has 66 valence electrons. The van der Waals surface area contributed by atoms with Gasteiger partial charge in [-0.3, -0.25) is 5.32 Å². The first-order chi connectivity index (χ1) is 5.16. The fourth-order valence-electron chi connectivity index (χ4n) is 0.580. The molecular formula is C5H14N2O3P+. The van der Waals surface area contributed by atoms with Gasteiger partial charge in [0, 0.05) is 4.57 Å². The smallest absolute Gasteiger partial charge is 0.330 e. The molecule has 2 atom stereocenters. The molecule has 0 rings (SSSR count). The molecule has 0 radical (unpaired) electrons. The average Bonchev–Trinajstić information content (AvgIpc) is 1.86. The lowest BCUT2D eigenvalue weighted by Gasteiger charge is -2.04. The van der Waals surface area contributed by atoms with Crippen LogP contribution < -0.4 is 11.1 Å². The average molecular weight is 181 g/mol. The summed E-state index contributed by atoms with van der Waals surface area (Å²) in [5.41, 5.74) is 5.23. The highest BCUT2D eigenvalue weighted by atomic mass is 31.1. The van der Waals surface area contributed by atoms with Gasteiger partial charge in [-0.25, -0.2) is 0 Å². The maximum atomic E-state index is 10.1. The summed E-state index contributed by atoms with van der Waals surface area (Å²) in [5, 5.41) is 2.87. The van der Waals surface area contributed by atoms with Crippen LogP contribution in [0.5, 0.6) is 0 Å². The van der Waals surface area contributed by atoms with E-state index in [4.69, 9.17) is 10.6 Å².